The molecule has 7 nitrogen and oxygen atoms in total. The molecule has 0 aliphatic carbocycles. The third-order valence-corrected chi connectivity index (χ3v) is 5.49. The standard InChI is InChI=1S/C24H33N5O2.HI/c1-5-25-24(26-15-18-14-23(30)28-21-12-7-6-11-20(18)21)27-16-22(29(2)3)17-9-8-10-19(13-17)31-4;/h6-13,18,22H,5,14-16H2,1-4H3,(H,28,30)(H2,25,26,27);1H. The normalized spacial score (nSPS) is 16.5. The number of nitrogens with zero attached hydrogens (tertiary/aromatic N) is 2. The van der Waals surface area contributed by atoms with Crippen LogP contribution in [0.1, 0.15) is 36.4 Å². The number of carbonyl (C=O) groups is 1. The number of methoxy groups -OCH3 is 1. The second kappa shape index (κ2) is 12.6. The summed E-state index contributed by atoms with van der Waals surface area (Å²) in [6.07, 6.45) is 0.466. The molecule has 1 heterocycles. The van der Waals surface area contributed by atoms with Crippen molar-refractivity contribution in [3.8, 4) is 5.75 Å². The molecular weight excluding hydrogens is 517 g/mol. The number of benzene rings is 2. The van der Waals surface area contributed by atoms with E-state index < -0.39 is 0 Å². The summed E-state index contributed by atoms with van der Waals surface area (Å²) in [5.41, 5.74) is 3.22. The molecular formula is C24H34IN5O2. The number of guanidine groups is 1. The van der Waals surface area contributed by atoms with Crippen LogP contribution in [0.2, 0.25) is 0 Å². The van der Waals surface area contributed by atoms with Crippen molar-refractivity contribution < 1.29 is 9.53 Å². The first-order valence-corrected chi connectivity index (χ1v) is 10.7. The van der Waals surface area contributed by atoms with Gasteiger partial charge in [0.15, 0.2) is 5.96 Å². The minimum atomic E-state index is 0. The van der Waals surface area contributed by atoms with Crippen LogP contribution in [-0.2, 0) is 4.79 Å². The molecule has 0 spiro atoms. The zero-order chi connectivity index (χ0) is 22.2. The van der Waals surface area contributed by atoms with Crippen molar-refractivity contribution in [1.29, 1.82) is 0 Å². The van der Waals surface area contributed by atoms with E-state index in [9.17, 15) is 4.79 Å². The van der Waals surface area contributed by atoms with Gasteiger partial charge in [-0.2, -0.15) is 0 Å². The summed E-state index contributed by atoms with van der Waals surface area (Å²) in [6.45, 7) is 4.05. The largest absolute Gasteiger partial charge is 0.497 e. The van der Waals surface area contributed by atoms with Crippen LogP contribution in [0.4, 0.5) is 5.69 Å². The van der Waals surface area contributed by atoms with E-state index in [1.54, 1.807) is 7.11 Å². The van der Waals surface area contributed by atoms with Crippen molar-refractivity contribution >= 4 is 41.5 Å². The number of carbonyl (C=O) groups excluding carboxylic acids is 1. The number of anilines is 1. The van der Waals surface area contributed by atoms with Crippen LogP contribution in [0.5, 0.6) is 5.75 Å². The van der Waals surface area contributed by atoms with E-state index in [1.165, 1.54) is 0 Å². The Morgan fingerprint density at radius 2 is 2.00 bits per heavy atom. The van der Waals surface area contributed by atoms with Gasteiger partial charge in [0.05, 0.1) is 19.7 Å². The van der Waals surface area contributed by atoms with Crippen LogP contribution < -0.4 is 20.7 Å². The first kappa shape index (κ1) is 25.9. The Labute approximate surface area is 208 Å². The summed E-state index contributed by atoms with van der Waals surface area (Å²) in [5.74, 6) is 1.75. The fraction of sp³-hybridized carbons (Fsp3) is 0.417. The molecule has 2 aromatic carbocycles. The number of fused-ring (bicyclic) bond motifs is 1. The molecule has 0 bridgehead atoms. The fourth-order valence-corrected chi connectivity index (χ4v) is 3.84. The Kier molecular flexibility index (Phi) is 10.2. The first-order chi connectivity index (χ1) is 15.0. The maximum atomic E-state index is 12.1. The van der Waals surface area contributed by atoms with Crippen LogP contribution >= 0.6 is 24.0 Å². The van der Waals surface area contributed by atoms with Gasteiger partial charge in [0.2, 0.25) is 5.91 Å². The molecule has 1 amide bonds. The van der Waals surface area contributed by atoms with E-state index in [0.717, 1.165) is 35.1 Å². The summed E-state index contributed by atoms with van der Waals surface area (Å²) in [6, 6.07) is 16.2. The van der Waals surface area contributed by atoms with Crippen LogP contribution in [0, 0.1) is 0 Å². The van der Waals surface area contributed by atoms with Gasteiger partial charge in [-0.15, -0.1) is 24.0 Å². The van der Waals surface area contributed by atoms with Crippen LogP contribution in [0.3, 0.4) is 0 Å². The molecule has 2 aromatic rings. The molecule has 1 aliphatic heterocycles. The highest BCUT2D eigenvalue weighted by atomic mass is 127. The maximum Gasteiger partial charge on any atom is 0.225 e. The smallest absolute Gasteiger partial charge is 0.225 e. The van der Waals surface area contributed by atoms with Crippen molar-refractivity contribution in [3.63, 3.8) is 0 Å². The average molecular weight is 551 g/mol. The predicted molar refractivity (Wildman–Crippen MR) is 141 cm³/mol. The van der Waals surface area contributed by atoms with Gasteiger partial charge in [0.1, 0.15) is 5.75 Å². The molecule has 32 heavy (non-hydrogen) atoms. The lowest BCUT2D eigenvalue weighted by atomic mass is 9.90. The third-order valence-electron chi connectivity index (χ3n) is 5.49. The zero-order valence-electron chi connectivity index (χ0n) is 19.2. The molecule has 0 saturated heterocycles. The molecule has 2 unspecified atom stereocenters. The Balaban J connectivity index is 0.00000363. The van der Waals surface area contributed by atoms with Crippen molar-refractivity contribution in [3.05, 3.63) is 59.7 Å². The molecule has 0 saturated carbocycles. The van der Waals surface area contributed by atoms with E-state index in [-0.39, 0.29) is 41.8 Å². The number of hydrogen-bond acceptors (Lipinski definition) is 4. The van der Waals surface area contributed by atoms with Gasteiger partial charge < -0.3 is 25.6 Å². The topological polar surface area (TPSA) is 78.0 Å². The molecule has 174 valence electrons. The molecule has 0 radical (unpaired) electrons. The molecule has 0 fully saturated rings. The van der Waals surface area contributed by atoms with E-state index >= 15 is 0 Å². The number of rotatable bonds is 8. The lowest BCUT2D eigenvalue weighted by Gasteiger charge is -2.27. The van der Waals surface area contributed by atoms with Gasteiger partial charge in [-0.05, 0) is 50.3 Å². The Morgan fingerprint density at radius 3 is 2.72 bits per heavy atom. The Morgan fingerprint density at radius 1 is 1.22 bits per heavy atom. The van der Waals surface area contributed by atoms with Gasteiger partial charge in [0, 0.05) is 31.1 Å². The number of halogens is 1. The number of likely N-dealkylation sites (N-methyl/N-ethyl adjacent to an activating group) is 1. The highest BCUT2D eigenvalue weighted by molar-refractivity contribution is 14.0. The van der Waals surface area contributed by atoms with Gasteiger partial charge in [0.25, 0.3) is 0 Å². The lowest BCUT2D eigenvalue weighted by molar-refractivity contribution is -0.116. The van der Waals surface area contributed by atoms with Crippen LogP contribution in [0.15, 0.2) is 53.5 Å². The van der Waals surface area contributed by atoms with Crippen molar-refractivity contribution in [1.82, 2.24) is 15.5 Å². The number of ether oxygens (including phenoxy) is 1. The Hall–Kier alpha value is -2.33. The SMILES string of the molecule is CCNC(=NCC(c1cccc(OC)c1)N(C)C)NCC1CC(=O)Nc2ccccc21.I. The van der Waals surface area contributed by atoms with E-state index in [4.69, 9.17) is 9.73 Å². The highest BCUT2D eigenvalue weighted by Crippen LogP contribution is 2.31. The fourth-order valence-electron chi connectivity index (χ4n) is 3.84. The monoisotopic (exact) mass is 551 g/mol. The summed E-state index contributed by atoms with van der Waals surface area (Å²) < 4.78 is 5.38. The minimum Gasteiger partial charge on any atom is -0.497 e. The third kappa shape index (κ3) is 6.83. The van der Waals surface area contributed by atoms with Gasteiger partial charge >= 0.3 is 0 Å². The molecule has 3 rings (SSSR count). The molecule has 1 aliphatic rings. The van der Waals surface area contributed by atoms with Gasteiger partial charge in [-0.25, -0.2) is 0 Å². The van der Waals surface area contributed by atoms with Gasteiger partial charge in [-0.3, -0.25) is 9.79 Å². The van der Waals surface area contributed by atoms with Crippen LogP contribution in [0.25, 0.3) is 0 Å². The number of nitrogens with one attached hydrogen (secondary N) is 3. The molecule has 2 atom stereocenters. The van der Waals surface area contributed by atoms with Gasteiger partial charge in [-0.1, -0.05) is 30.3 Å². The number of aliphatic imine (C=N–C) groups is 1. The minimum absolute atomic E-state index is 0. The number of amides is 1. The summed E-state index contributed by atoms with van der Waals surface area (Å²) in [4.78, 5) is 19.1. The van der Waals surface area contributed by atoms with E-state index in [0.29, 0.717) is 19.5 Å². The molecule has 8 heteroatoms. The second-order valence-electron chi connectivity index (χ2n) is 7.89. The number of hydrogen-bond donors (Lipinski definition) is 3. The quantitative estimate of drug-likeness (QED) is 0.266. The van der Waals surface area contributed by atoms with Crippen molar-refractivity contribution in [2.24, 2.45) is 4.99 Å². The van der Waals surface area contributed by atoms with E-state index in [2.05, 4.69) is 53.1 Å². The zero-order valence-corrected chi connectivity index (χ0v) is 21.6. The summed E-state index contributed by atoms with van der Waals surface area (Å²) in [5, 5.41) is 9.71. The van der Waals surface area contributed by atoms with Crippen molar-refractivity contribution in [2.75, 3.05) is 46.2 Å². The van der Waals surface area contributed by atoms with E-state index in [1.807, 2.05) is 37.3 Å². The lowest BCUT2D eigenvalue weighted by Crippen LogP contribution is -2.41. The first-order valence-electron chi connectivity index (χ1n) is 10.7. The molecule has 0 aromatic heterocycles. The second-order valence-corrected chi connectivity index (χ2v) is 7.89. The average Bonchev–Trinajstić information content (AvgIpc) is 2.77. The Bertz CT molecular complexity index is 919. The predicted octanol–water partition coefficient (Wildman–Crippen LogP) is 3.60. The summed E-state index contributed by atoms with van der Waals surface area (Å²) >= 11 is 0. The van der Waals surface area contributed by atoms with Crippen LogP contribution in [-0.4, -0.2) is 57.6 Å². The number of para-hydroxylation sites is 1. The van der Waals surface area contributed by atoms with Crippen molar-refractivity contribution in [2.45, 2.75) is 25.3 Å². The maximum absolute atomic E-state index is 12.1. The highest BCUT2D eigenvalue weighted by Gasteiger charge is 2.25. The molecule has 3 N–H and O–H groups in total. The summed E-state index contributed by atoms with van der Waals surface area (Å²) in [7, 11) is 5.79.